The maximum Gasteiger partial charge on any atom is 0.224 e. The minimum Gasteiger partial charge on any atom is -0.326 e. The van der Waals surface area contributed by atoms with Crippen molar-refractivity contribution in [1.82, 2.24) is 0 Å². The molecule has 0 bridgehead atoms. The van der Waals surface area contributed by atoms with Gasteiger partial charge in [-0.3, -0.25) is 4.79 Å². The zero-order valence-corrected chi connectivity index (χ0v) is 9.60. The molecule has 0 atom stereocenters. The van der Waals surface area contributed by atoms with Gasteiger partial charge in [0, 0.05) is 18.2 Å². The van der Waals surface area contributed by atoms with E-state index in [2.05, 4.69) is 5.32 Å². The molecular weight excluding hydrogens is 212 g/mol. The minimum atomic E-state index is -0.703. The zero-order chi connectivity index (χ0) is 12.3. The van der Waals surface area contributed by atoms with E-state index in [1.54, 1.807) is 0 Å². The highest BCUT2D eigenvalue weighted by atomic mass is 19.1. The first kappa shape index (κ1) is 12.6. The Kier molecular flexibility index (Phi) is 3.62. The van der Waals surface area contributed by atoms with Crippen LogP contribution in [-0.4, -0.2) is 5.91 Å². The summed E-state index contributed by atoms with van der Waals surface area (Å²) in [7, 11) is 0. The summed E-state index contributed by atoms with van der Waals surface area (Å²) >= 11 is 0. The number of rotatable bonds is 2. The number of benzene rings is 1. The van der Waals surface area contributed by atoms with E-state index >= 15 is 0 Å². The summed E-state index contributed by atoms with van der Waals surface area (Å²) in [6.45, 7) is 5.75. The van der Waals surface area contributed by atoms with Gasteiger partial charge in [0.25, 0.3) is 0 Å². The van der Waals surface area contributed by atoms with Crippen molar-refractivity contribution in [2.75, 3.05) is 5.32 Å². The molecule has 16 heavy (non-hydrogen) atoms. The Balaban J connectivity index is 2.70. The molecule has 2 nitrogen and oxygen atoms in total. The lowest BCUT2D eigenvalue weighted by Crippen LogP contribution is -2.19. The third-order valence-electron chi connectivity index (χ3n) is 1.84. The average molecular weight is 227 g/mol. The Morgan fingerprint density at radius 2 is 1.69 bits per heavy atom. The molecule has 0 aliphatic rings. The van der Waals surface area contributed by atoms with Crippen LogP contribution in [0.4, 0.5) is 14.5 Å². The van der Waals surface area contributed by atoms with E-state index in [1.807, 2.05) is 20.8 Å². The SMILES string of the molecule is CC(C)(C)CC(=O)Nc1cc(F)cc(F)c1. The second-order valence-corrected chi connectivity index (χ2v) is 4.94. The van der Waals surface area contributed by atoms with Crippen LogP contribution in [0.2, 0.25) is 0 Å². The molecule has 4 heteroatoms. The van der Waals surface area contributed by atoms with E-state index < -0.39 is 11.6 Å². The summed E-state index contributed by atoms with van der Waals surface area (Å²) in [6, 6.07) is 2.94. The third kappa shape index (κ3) is 4.38. The average Bonchev–Trinajstić information content (AvgIpc) is 1.96. The standard InChI is InChI=1S/C12H15F2NO/c1-12(2,3)7-11(16)15-10-5-8(13)4-9(14)6-10/h4-6H,7H2,1-3H3,(H,15,16). The molecule has 1 aromatic carbocycles. The van der Waals surface area contributed by atoms with Gasteiger partial charge in [-0.1, -0.05) is 20.8 Å². The summed E-state index contributed by atoms with van der Waals surface area (Å²) < 4.78 is 25.7. The van der Waals surface area contributed by atoms with E-state index in [0.29, 0.717) is 6.42 Å². The summed E-state index contributed by atoms with van der Waals surface area (Å²) in [5.41, 5.74) is -0.0117. The minimum absolute atomic E-state index is 0.145. The molecule has 0 spiro atoms. The first-order valence-electron chi connectivity index (χ1n) is 5.02. The van der Waals surface area contributed by atoms with Gasteiger partial charge in [-0.25, -0.2) is 8.78 Å². The van der Waals surface area contributed by atoms with Gasteiger partial charge in [0.2, 0.25) is 5.91 Å². The molecule has 0 unspecified atom stereocenters. The third-order valence-corrected chi connectivity index (χ3v) is 1.84. The number of carbonyl (C=O) groups excluding carboxylic acids is 1. The van der Waals surface area contributed by atoms with Gasteiger partial charge in [-0.2, -0.15) is 0 Å². The molecule has 0 fully saturated rings. The topological polar surface area (TPSA) is 29.1 Å². The van der Waals surface area contributed by atoms with Gasteiger partial charge < -0.3 is 5.32 Å². The van der Waals surface area contributed by atoms with Crippen LogP contribution in [0.5, 0.6) is 0 Å². The van der Waals surface area contributed by atoms with Crippen LogP contribution < -0.4 is 5.32 Å². The predicted octanol–water partition coefficient (Wildman–Crippen LogP) is 3.34. The summed E-state index contributed by atoms with van der Waals surface area (Å²) in [4.78, 5) is 11.5. The van der Waals surface area contributed by atoms with Crippen molar-refractivity contribution in [1.29, 1.82) is 0 Å². The Labute approximate surface area is 93.7 Å². The van der Waals surface area contributed by atoms with Crippen molar-refractivity contribution in [3.05, 3.63) is 29.8 Å². The molecule has 0 saturated carbocycles. The maximum atomic E-state index is 12.8. The fourth-order valence-corrected chi connectivity index (χ4v) is 1.31. The van der Waals surface area contributed by atoms with E-state index in [9.17, 15) is 13.6 Å². The van der Waals surface area contributed by atoms with Gasteiger partial charge >= 0.3 is 0 Å². The first-order valence-corrected chi connectivity index (χ1v) is 5.02. The molecule has 0 aromatic heterocycles. The second-order valence-electron chi connectivity index (χ2n) is 4.94. The Morgan fingerprint density at radius 3 is 2.12 bits per heavy atom. The van der Waals surface area contributed by atoms with E-state index in [0.717, 1.165) is 18.2 Å². The number of amides is 1. The number of anilines is 1. The van der Waals surface area contributed by atoms with Crippen molar-refractivity contribution in [3.63, 3.8) is 0 Å². The lowest BCUT2D eigenvalue weighted by Gasteiger charge is -2.17. The van der Waals surface area contributed by atoms with Crippen LogP contribution in [0.3, 0.4) is 0 Å². The number of hydrogen-bond acceptors (Lipinski definition) is 1. The molecule has 88 valence electrons. The molecule has 1 N–H and O–H groups in total. The van der Waals surface area contributed by atoms with Crippen molar-refractivity contribution >= 4 is 11.6 Å². The van der Waals surface area contributed by atoms with Crippen LogP contribution >= 0.6 is 0 Å². The highest BCUT2D eigenvalue weighted by molar-refractivity contribution is 5.91. The number of nitrogens with one attached hydrogen (secondary N) is 1. The molecular formula is C12H15F2NO. The van der Waals surface area contributed by atoms with Crippen LogP contribution in [0.25, 0.3) is 0 Å². The van der Waals surface area contributed by atoms with Crippen LogP contribution in [0, 0.1) is 17.0 Å². The molecule has 0 aliphatic heterocycles. The zero-order valence-electron chi connectivity index (χ0n) is 9.60. The van der Waals surface area contributed by atoms with Crippen LogP contribution in [0.1, 0.15) is 27.2 Å². The van der Waals surface area contributed by atoms with E-state index in [1.165, 1.54) is 0 Å². The summed E-state index contributed by atoms with van der Waals surface area (Å²) in [6.07, 6.45) is 0.297. The van der Waals surface area contributed by atoms with Crippen molar-refractivity contribution < 1.29 is 13.6 Å². The van der Waals surface area contributed by atoms with Crippen molar-refractivity contribution in [2.24, 2.45) is 5.41 Å². The molecule has 0 saturated heterocycles. The Morgan fingerprint density at radius 1 is 1.19 bits per heavy atom. The second kappa shape index (κ2) is 4.60. The molecule has 0 heterocycles. The smallest absolute Gasteiger partial charge is 0.224 e. The van der Waals surface area contributed by atoms with E-state index in [-0.39, 0.29) is 17.0 Å². The summed E-state index contributed by atoms with van der Waals surface area (Å²) in [5.74, 6) is -1.66. The van der Waals surface area contributed by atoms with Crippen LogP contribution in [0.15, 0.2) is 18.2 Å². The fourth-order valence-electron chi connectivity index (χ4n) is 1.31. The summed E-state index contributed by atoms with van der Waals surface area (Å²) in [5, 5.41) is 2.46. The van der Waals surface area contributed by atoms with Gasteiger partial charge in [0.1, 0.15) is 11.6 Å². The quantitative estimate of drug-likeness (QED) is 0.824. The van der Waals surface area contributed by atoms with Gasteiger partial charge in [-0.05, 0) is 17.5 Å². The molecule has 1 rings (SSSR count). The Hall–Kier alpha value is -1.45. The highest BCUT2D eigenvalue weighted by Crippen LogP contribution is 2.20. The van der Waals surface area contributed by atoms with Crippen molar-refractivity contribution in [3.8, 4) is 0 Å². The van der Waals surface area contributed by atoms with Gasteiger partial charge in [0.15, 0.2) is 0 Å². The van der Waals surface area contributed by atoms with Crippen LogP contribution in [-0.2, 0) is 4.79 Å². The maximum absolute atomic E-state index is 12.8. The lowest BCUT2D eigenvalue weighted by molar-refractivity contribution is -0.117. The van der Waals surface area contributed by atoms with E-state index in [4.69, 9.17) is 0 Å². The monoisotopic (exact) mass is 227 g/mol. The van der Waals surface area contributed by atoms with Gasteiger partial charge in [-0.15, -0.1) is 0 Å². The van der Waals surface area contributed by atoms with Gasteiger partial charge in [0.05, 0.1) is 0 Å². The molecule has 1 amide bonds. The highest BCUT2D eigenvalue weighted by Gasteiger charge is 2.16. The van der Waals surface area contributed by atoms with Crippen molar-refractivity contribution in [2.45, 2.75) is 27.2 Å². The first-order chi connectivity index (χ1) is 7.26. The number of hydrogen-bond donors (Lipinski definition) is 1. The molecule has 0 radical (unpaired) electrons. The Bertz CT molecular complexity index is 376. The number of halogens is 2. The predicted molar refractivity (Wildman–Crippen MR) is 59.1 cm³/mol. The number of carbonyl (C=O) groups is 1. The fraction of sp³-hybridized carbons (Fsp3) is 0.417. The molecule has 1 aromatic rings. The normalized spacial score (nSPS) is 11.3. The largest absolute Gasteiger partial charge is 0.326 e. The molecule has 0 aliphatic carbocycles. The lowest BCUT2D eigenvalue weighted by atomic mass is 9.92.